The third-order valence-electron chi connectivity index (χ3n) is 5.06. The van der Waals surface area contributed by atoms with Gasteiger partial charge in [-0.05, 0) is 50.1 Å². The fourth-order valence-corrected chi connectivity index (χ4v) is 3.84. The molecule has 142 valence electrons. The minimum absolute atomic E-state index is 0.0708. The molecule has 4 rings (SSSR count). The van der Waals surface area contributed by atoms with Crippen molar-refractivity contribution in [3.8, 4) is 11.3 Å². The molecule has 27 heavy (non-hydrogen) atoms. The zero-order valence-corrected chi connectivity index (χ0v) is 15.7. The van der Waals surface area contributed by atoms with E-state index in [1.807, 2.05) is 41.0 Å². The molecule has 0 amide bonds. The predicted octanol–water partition coefficient (Wildman–Crippen LogP) is 2.62. The standard InChI is InChI=1S/C20H23ClN4O2/c21-14-4-1-3-13(9-14)16-6-7-17-20(24-16)25(12-23-17)11-15(26)10-18-19(27)5-2-8-22-18/h1,3-4,6-7,9,12,15,18-19,22,26-27H,2,5,8,10-11H2/t15?,18-,19+/m1/s1. The van der Waals surface area contributed by atoms with Gasteiger partial charge < -0.3 is 20.1 Å². The van der Waals surface area contributed by atoms with Gasteiger partial charge in [-0.15, -0.1) is 0 Å². The number of hydrogen-bond donors (Lipinski definition) is 3. The molecule has 6 nitrogen and oxygen atoms in total. The highest BCUT2D eigenvalue weighted by Gasteiger charge is 2.25. The second-order valence-corrected chi connectivity index (χ2v) is 7.54. The molecule has 3 atom stereocenters. The topological polar surface area (TPSA) is 83.2 Å². The highest BCUT2D eigenvalue weighted by molar-refractivity contribution is 6.30. The van der Waals surface area contributed by atoms with Crippen molar-refractivity contribution in [2.24, 2.45) is 0 Å². The Labute approximate surface area is 162 Å². The lowest BCUT2D eigenvalue weighted by atomic mass is 9.96. The summed E-state index contributed by atoms with van der Waals surface area (Å²) in [5.41, 5.74) is 3.25. The van der Waals surface area contributed by atoms with E-state index in [1.54, 1.807) is 6.33 Å². The first-order valence-electron chi connectivity index (χ1n) is 9.27. The van der Waals surface area contributed by atoms with Gasteiger partial charge in [0.05, 0.1) is 30.8 Å². The van der Waals surface area contributed by atoms with Gasteiger partial charge in [-0.3, -0.25) is 0 Å². The van der Waals surface area contributed by atoms with Crippen molar-refractivity contribution >= 4 is 22.8 Å². The fourth-order valence-electron chi connectivity index (χ4n) is 3.65. The van der Waals surface area contributed by atoms with Crippen molar-refractivity contribution in [1.82, 2.24) is 19.9 Å². The van der Waals surface area contributed by atoms with Crippen molar-refractivity contribution < 1.29 is 10.2 Å². The number of fused-ring (bicyclic) bond motifs is 1. The lowest BCUT2D eigenvalue weighted by Crippen LogP contribution is -2.46. The number of aromatic nitrogens is 3. The van der Waals surface area contributed by atoms with Crippen LogP contribution in [0.3, 0.4) is 0 Å². The van der Waals surface area contributed by atoms with Crippen LogP contribution < -0.4 is 5.32 Å². The zero-order chi connectivity index (χ0) is 18.8. The largest absolute Gasteiger partial charge is 0.392 e. The van der Waals surface area contributed by atoms with E-state index < -0.39 is 12.2 Å². The number of nitrogens with one attached hydrogen (secondary N) is 1. The van der Waals surface area contributed by atoms with Crippen molar-refractivity contribution in [1.29, 1.82) is 0 Å². The molecule has 1 aliphatic rings. The van der Waals surface area contributed by atoms with Gasteiger partial charge in [-0.25, -0.2) is 9.97 Å². The molecular formula is C20H23ClN4O2. The molecular weight excluding hydrogens is 364 g/mol. The molecule has 0 spiro atoms. The highest BCUT2D eigenvalue weighted by Crippen LogP contribution is 2.23. The molecule has 3 aromatic rings. The van der Waals surface area contributed by atoms with E-state index in [9.17, 15) is 10.2 Å². The molecule has 1 aromatic carbocycles. The molecule has 0 bridgehead atoms. The Kier molecular flexibility index (Phi) is 5.41. The van der Waals surface area contributed by atoms with Crippen LogP contribution in [-0.4, -0.2) is 49.5 Å². The maximum Gasteiger partial charge on any atom is 0.160 e. The molecule has 1 unspecified atom stereocenters. The van der Waals surface area contributed by atoms with Crippen LogP contribution in [-0.2, 0) is 6.54 Å². The van der Waals surface area contributed by atoms with Crippen molar-refractivity contribution in [3.05, 3.63) is 47.7 Å². The summed E-state index contributed by atoms with van der Waals surface area (Å²) in [5.74, 6) is 0. The summed E-state index contributed by atoms with van der Waals surface area (Å²) in [6.45, 7) is 1.26. The average molecular weight is 387 g/mol. The minimum atomic E-state index is -0.593. The maximum atomic E-state index is 10.5. The predicted molar refractivity (Wildman–Crippen MR) is 106 cm³/mol. The molecule has 1 aliphatic heterocycles. The normalized spacial score (nSPS) is 21.4. The van der Waals surface area contributed by atoms with Crippen LogP contribution >= 0.6 is 11.6 Å². The molecule has 1 fully saturated rings. The number of imidazole rings is 1. The number of aliphatic hydroxyl groups excluding tert-OH is 2. The zero-order valence-electron chi connectivity index (χ0n) is 14.9. The summed E-state index contributed by atoms with van der Waals surface area (Å²) >= 11 is 6.09. The van der Waals surface area contributed by atoms with Gasteiger partial charge in [0.15, 0.2) is 5.65 Å². The van der Waals surface area contributed by atoms with E-state index in [1.165, 1.54) is 0 Å². The van der Waals surface area contributed by atoms with E-state index in [-0.39, 0.29) is 6.04 Å². The van der Waals surface area contributed by atoms with E-state index in [0.717, 1.165) is 41.8 Å². The van der Waals surface area contributed by atoms with Gasteiger partial charge in [0.1, 0.15) is 5.52 Å². The first-order chi connectivity index (χ1) is 13.1. The summed E-state index contributed by atoms with van der Waals surface area (Å²) in [4.78, 5) is 9.11. The Morgan fingerprint density at radius 2 is 2.19 bits per heavy atom. The summed E-state index contributed by atoms with van der Waals surface area (Å²) < 4.78 is 1.86. The smallest absolute Gasteiger partial charge is 0.160 e. The van der Waals surface area contributed by atoms with E-state index in [4.69, 9.17) is 16.6 Å². The number of piperidine rings is 1. The SMILES string of the molecule is OC(C[C@H]1NCCC[C@@H]1O)Cn1cnc2ccc(-c3cccc(Cl)c3)nc21. The van der Waals surface area contributed by atoms with Crippen molar-refractivity contribution in [2.45, 2.75) is 44.1 Å². The van der Waals surface area contributed by atoms with Gasteiger partial charge in [-0.1, -0.05) is 23.7 Å². The molecule has 0 saturated carbocycles. The first-order valence-corrected chi connectivity index (χ1v) is 9.65. The Hall–Kier alpha value is -1.99. The van der Waals surface area contributed by atoms with Crippen LogP contribution in [0.1, 0.15) is 19.3 Å². The van der Waals surface area contributed by atoms with Gasteiger partial charge in [0.25, 0.3) is 0 Å². The second-order valence-electron chi connectivity index (χ2n) is 7.11. The van der Waals surface area contributed by atoms with Gasteiger partial charge in [0.2, 0.25) is 0 Å². The third kappa shape index (κ3) is 4.14. The summed E-state index contributed by atoms with van der Waals surface area (Å²) in [5, 5.41) is 24.6. The second kappa shape index (κ2) is 7.94. The Morgan fingerprint density at radius 3 is 3.00 bits per heavy atom. The molecule has 7 heteroatoms. The van der Waals surface area contributed by atoms with Crippen LogP contribution in [0.25, 0.3) is 22.4 Å². The molecule has 3 N–H and O–H groups in total. The van der Waals surface area contributed by atoms with E-state index in [0.29, 0.717) is 18.0 Å². The lowest BCUT2D eigenvalue weighted by Gasteiger charge is -2.30. The number of pyridine rings is 1. The molecule has 0 radical (unpaired) electrons. The number of hydrogen-bond acceptors (Lipinski definition) is 5. The van der Waals surface area contributed by atoms with Crippen molar-refractivity contribution in [2.75, 3.05) is 6.54 Å². The van der Waals surface area contributed by atoms with Gasteiger partial charge in [0, 0.05) is 16.6 Å². The third-order valence-corrected chi connectivity index (χ3v) is 5.30. The maximum absolute atomic E-state index is 10.5. The van der Waals surface area contributed by atoms with Crippen molar-refractivity contribution in [3.63, 3.8) is 0 Å². The van der Waals surface area contributed by atoms with E-state index >= 15 is 0 Å². The monoisotopic (exact) mass is 386 g/mol. The lowest BCUT2D eigenvalue weighted by molar-refractivity contribution is 0.0546. The number of benzene rings is 1. The highest BCUT2D eigenvalue weighted by atomic mass is 35.5. The van der Waals surface area contributed by atoms with Crippen LogP contribution in [0.4, 0.5) is 0 Å². The fraction of sp³-hybridized carbons (Fsp3) is 0.400. The molecule has 3 heterocycles. The summed E-state index contributed by atoms with van der Waals surface area (Å²) in [7, 11) is 0. The number of aliphatic hydroxyl groups is 2. The summed E-state index contributed by atoms with van der Waals surface area (Å²) in [6.07, 6.45) is 2.95. The molecule has 2 aromatic heterocycles. The minimum Gasteiger partial charge on any atom is -0.392 e. The molecule has 0 aliphatic carbocycles. The summed E-state index contributed by atoms with van der Waals surface area (Å²) in [6, 6.07) is 11.3. The Morgan fingerprint density at radius 1 is 1.30 bits per heavy atom. The first kappa shape index (κ1) is 18.4. The van der Waals surface area contributed by atoms with Crippen LogP contribution in [0.2, 0.25) is 5.02 Å². The average Bonchev–Trinajstić information content (AvgIpc) is 3.06. The van der Waals surface area contributed by atoms with Gasteiger partial charge in [-0.2, -0.15) is 0 Å². The van der Waals surface area contributed by atoms with Crippen LogP contribution in [0.5, 0.6) is 0 Å². The van der Waals surface area contributed by atoms with Crippen LogP contribution in [0, 0.1) is 0 Å². The number of rotatable bonds is 5. The van der Waals surface area contributed by atoms with Gasteiger partial charge >= 0.3 is 0 Å². The van der Waals surface area contributed by atoms with Crippen LogP contribution in [0.15, 0.2) is 42.7 Å². The number of halogens is 1. The Bertz CT molecular complexity index is 929. The number of nitrogens with zero attached hydrogens (tertiary/aromatic N) is 3. The Balaban J connectivity index is 1.54. The van der Waals surface area contributed by atoms with E-state index in [2.05, 4.69) is 10.3 Å². The molecule has 1 saturated heterocycles. The quantitative estimate of drug-likeness (QED) is 0.627.